The van der Waals surface area contributed by atoms with Gasteiger partial charge < -0.3 is 30.1 Å². The number of piperidine rings is 1. The smallest absolute Gasteiger partial charge is 0.251 e. The molecular formula is C36H53ClN4O6. The van der Waals surface area contributed by atoms with Gasteiger partial charge in [-0.3, -0.25) is 19.3 Å². The molecule has 1 spiro atoms. The van der Waals surface area contributed by atoms with Crippen molar-refractivity contribution in [2.45, 2.75) is 103 Å². The molecule has 0 unspecified atom stereocenters. The van der Waals surface area contributed by atoms with Gasteiger partial charge in [0.05, 0.1) is 13.2 Å². The minimum absolute atomic E-state index is 0. The molecule has 260 valence electrons. The Hall–Kier alpha value is -3.34. The number of unbranched alkanes of at least 4 members (excludes halogenated alkanes) is 1. The zero-order chi connectivity index (χ0) is 33.4. The monoisotopic (exact) mass is 672 g/mol. The Morgan fingerprint density at radius 1 is 1.04 bits per heavy atom. The molecule has 0 aliphatic carbocycles. The van der Waals surface area contributed by atoms with Gasteiger partial charge in [0.25, 0.3) is 5.91 Å². The van der Waals surface area contributed by atoms with Gasteiger partial charge in [-0.05, 0) is 74.9 Å². The topological polar surface area (TPSA) is 120 Å². The zero-order valence-corrected chi connectivity index (χ0v) is 29.5. The highest BCUT2D eigenvalue weighted by atomic mass is 35.5. The number of carbonyl (C=O) groups excluding carboxylic acids is 3. The van der Waals surface area contributed by atoms with E-state index in [-0.39, 0.29) is 42.1 Å². The van der Waals surface area contributed by atoms with Gasteiger partial charge in [-0.1, -0.05) is 52.2 Å². The molecule has 2 heterocycles. The van der Waals surface area contributed by atoms with E-state index in [9.17, 15) is 19.5 Å². The second-order valence-electron chi connectivity index (χ2n) is 12.9. The Labute approximate surface area is 286 Å². The van der Waals surface area contributed by atoms with Crippen molar-refractivity contribution < 1.29 is 29.0 Å². The van der Waals surface area contributed by atoms with Crippen LogP contribution in [0.25, 0.3) is 0 Å². The number of methoxy groups -OCH3 is 1. The molecule has 0 saturated carbocycles. The van der Waals surface area contributed by atoms with Crippen LogP contribution in [0.15, 0.2) is 42.5 Å². The number of likely N-dealkylation sites (tertiary alicyclic amines) is 1. The maximum Gasteiger partial charge on any atom is 0.251 e. The summed E-state index contributed by atoms with van der Waals surface area (Å²) in [6.07, 6.45) is 3.44. The molecule has 11 heteroatoms. The first-order valence-electron chi connectivity index (χ1n) is 16.8. The standard InChI is InChI=1S/C36H52N4O6.ClH/c1-7-10-19-40-34(43)31(32(41)26(8-2)9-3)38-35(44)36(40)17-20-39(21-18-36)23-25-11-14-28(15-12-25)46-29-16-13-27(22-30(29)45-6)33(42)37-24(4)5;/h11-16,22,24,26,31-32,41H,7-10,17-21,23H2,1-6H3,(H,37,42)(H,38,44);1H/t31-,32-;/m1./s1. The third kappa shape index (κ3) is 8.77. The van der Waals surface area contributed by atoms with Crippen molar-refractivity contribution in [3.63, 3.8) is 0 Å². The molecule has 0 aromatic heterocycles. The van der Waals surface area contributed by atoms with Crippen molar-refractivity contribution in [2.75, 3.05) is 26.7 Å². The van der Waals surface area contributed by atoms with E-state index in [2.05, 4.69) is 22.5 Å². The summed E-state index contributed by atoms with van der Waals surface area (Å²) < 4.78 is 11.6. The number of halogens is 1. The molecule has 2 aliphatic rings. The molecule has 2 atom stereocenters. The van der Waals surface area contributed by atoms with Crippen LogP contribution in [0, 0.1) is 5.92 Å². The van der Waals surface area contributed by atoms with E-state index in [4.69, 9.17) is 9.47 Å². The van der Waals surface area contributed by atoms with Crippen LogP contribution >= 0.6 is 12.4 Å². The average Bonchev–Trinajstić information content (AvgIpc) is 3.05. The third-order valence-corrected chi connectivity index (χ3v) is 9.45. The van der Waals surface area contributed by atoms with Crippen molar-refractivity contribution in [3.05, 3.63) is 53.6 Å². The SMILES string of the molecule is CCCCN1C(=O)[C@@H]([C@H](O)C(CC)CC)NC(=O)C12CCN(Cc1ccc(Oc3ccc(C(=O)NC(C)C)cc3OC)cc1)CC2.Cl. The third-order valence-electron chi connectivity index (χ3n) is 9.45. The lowest BCUT2D eigenvalue weighted by Gasteiger charge is -2.52. The minimum atomic E-state index is -0.892. The van der Waals surface area contributed by atoms with Crippen molar-refractivity contribution >= 4 is 30.1 Å². The Morgan fingerprint density at radius 3 is 2.28 bits per heavy atom. The maximum absolute atomic E-state index is 13.8. The Morgan fingerprint density at radius 2 is 1.70 bits per heavy atom. The van der Waals surface area contributed by atoms with E-state index in [0.29, 0.717) is 61.8 Å². The summed E-state index contributed by atoms with van der Waals surface area (Å²) in [6, 6.07) is 12.1. The predicted molar refractivity (Wildman–Crippen MR) is 185 cm³/mol. The van der Waals surface area contributed by atoms with Gasteiger partial charge in [-0.2, -0.15) is 0 Å². The number of hydrogen-bond donors (Lipinski definition) is 3. The predicted octanol–water partition coefficient (Wildman–Crippen LogP) is 5.31. The molecule has 0 bridgehead atoms. The molecule has 2 aromatic carbocycles. The van der Waals surface area contributed by atoms with Crippen LogP contribution in [0.5, 0.6) is 17.2 Å². The average molecular weight is 673 g/mol. The molecule has 0 radical (unpaired) electrons. The summed E-state index contributed by atoms with van der Waals surface area (Å²) in [6.45, 7) is 12.5. The second-order valence-corrected chi connectivity index (χ2v) is 12.9. The Kier molecular flexibility index (Phi) is 13.9. The lowest BCUT2D eigenvalue weighted by molar-refractivity contribution is -0.165. The first-order valence-corrected chi connectivity index (χ1v) is 16.8. The molecule has 3 N–H and O–H groups in total. The molecule has 4 rings (SSSR count). The van der Waals surface area contributed by atoms with Gasteiger partial charge in [-0.25, -0.2) is 0 Å². The fourth-order valence-electron chi connectivity index (χ4n) is 6.62. The van der Waals surface area contributed by atoms with Crippen LogP contribution in [0.2, 0.25) is 0 Å². The molecule has 2 aromatic rings. The number of nitrogens with zero attached hydrogens (tertiary/aromatic N) is 2. The number of nitrogens with one attached hydrogen (secondary N) is 2. The first kappa shape index (κ1) is 38.1. The van der Waals surface area contributed by atoms with Gasteiger partial charge in [0.15, 0.2) is 11.5 Å². The van der Waals surface area contributed by atoms with Crippen LogP contribution in [0.4, 0.5) is 0 Å². The highest BCUT2D eigenvalue weighted by Crippen LogP contribution is 2.36. The minimum Gasteiger partial charge on any atom is -0.493 e. The zero-order valence-electron chi connectivity index (χ0n) is 28.7. The van der Waals surface area contributed by atoms with E-state index in [1.807, 2.05) is 52.0 Å². The van der Waals surface area contributed by atoms with E-state index in [0.717, 1.165) is 31.2 Å². The van der Waals surface area contributed by atoms with Crippen LogP contribution in [0.3, 0.4) is 0 Å². The summed E-state index contributed by atoms with van der Waals surface area (Å²) in [5.74, 6) is 1.13. The summed E-state index contributed by atoms with van der Waals surface area (Å²) in [5, 5.41) is 16.9. The molecule has 10 nitrogen and oxygen atoms in total. The Balaban J connectivity index is 0.00000600. The van der Waals surface area contributed by atoms with Gasteiger partial charge in [0, 0.05) is 37.8 Å². The first-order chi connectivity index (χ1) is 22.1. The summed E-state index contributed by atoms with van der Waals surface area (Å²) in [7, 11) is 1.55. The summed E-state index contributed by atoms with van der Waals surface area (Å²) in [5.41, 5.74) is 0.727. The highest BCUT2D eigenvalue weighted by molar-refractivity contribution is 6.00. The van der Waals surface area contributed by atoms with Crippen LogP contribution in [-0.4, -0.2) is 83.1 Å². The number of aliphatic hydroxyl groups is 1. The number of benzene rings is 2. The van der Waals surface area contributed by atoms with E-state index in [1.54, 1.807) is 30.2 Å². The number of piperazine rings is 1. The summed E-state index contributed by atoms with van der Waals surface area (Å²) >= 11 is 0. The number of carbonyl (C=O) groups is 3. The maximum atomic E-state index is 13.8. The number of aliphatic hydroxyl groups excluding tert-OH is 1. The molecule has 3 amide bonds. The van der Waals surface area contributed by atoms with Crippen molar-refractivity contribution in [1.82, 2.24) is 20.4 Å². The number of rotatable bonds is 14. The van der Waals surface area contributed by atoms with Crippen molar-refractivity contribution in [3.8, 4) is 17.2 Å². The van der Waals surface area contributed by atoms with E-state index < -0.39 is 17.7 Å². The largest absolute Gasteiger partial charge is 0.493 e. The highest BCUT2D eigenvalue weighted by Gasteiger charge is 2.55. The molecular weight excluding hydrogens is 620 g/mol. The van der Waals surface area contributed by atoms with Gasteiger partial charge in [0.1, 0.15) is 17.3 Å². The normalized spacial score (nSPS) is 18.6. The van der Waals surface area contributed by atoms with Crippen LogP contribution < -0.4 is 20.1 Å². The van der Waals surface area contributed by atoms with Crippen molar-refractivity contribution in [2.24, 2.45) is 5.92 Å². The molecule has 2 saturated heterocycles. The second kappa shape index (κ2) is 17.2. The lowest BCUT2D eigenvalue weighted by atomic mass is 9.79. The van der Waals surface area contributed by atoms with Gasteiger partial charge >= 0.3 is 0 Å². The molecule has 47 heavy (non-hydrogen) atoms. The molecule has 2 fully saturated rings. The van der Waals surface area contributed by atoms with Crippen LogP contribution in [-0.2, 0) is 16.1 Å². The Bertz CT molecular complexity index is 1340. The number of hydrogen-bond acceptors (Lipinski definition) is 7. The summed E-state index contributed by atoms with van der Waals surface area (Å²) in [4.78, 5) is 44.0. The lowest BCUT2D eigenvalue weighted by Crippen LogP contribution is -2.75. The van der Waals surface area contributed by atoms with Crippen molar-refractivity contribution in [1.29, 1.82) is 0 Å². The van der Waals surface area contributed by atoms with Crippen LogP contribution in [0.1, 0.15) is 89.1 Å². The fraction of sp³-hybridized carbons (Fsp3) is 0.583. The van der Waals surface area contributed by atoms with Gasteiger partial charge in [-0.15, -0.1) is 12.4 Å². The van der Waals surface area contributed by atoms with E-state index in [1.165, 1.54) is 0 Å². The van der Waals surface area contributed by atoms with E-state index >= 15 is 0 Å². The number of ether oxygens (including phenoxy) is 2. The number of amides is 3. The fourth-order valence-corrected chi connectivity index (χ4v) is 6.62. The van der Waals surface area contributed by atoms with Gasteiger partial charge in [0.2, 0.25) is 11.8 Å². The molecule has 2 aliphatic heterocycles. The quantitative estimate of drug-likeness (QED) is 0.249.